The fraction of sp³-hybridized carbons (Fsp3) is 0.556. The Bertz CT molecular complexity index is 601. The molecular weight excluding hydrogens is 274 g/mol. The van der Waals surface area contributed by atoms with Gasteiger partial charge in [-0.25, -0.2) is 0 Å². The number of benzene rings is 1. The van der Waals surface area contributed by atoms with E-state index in [0.29, 0.717) is 12.5 Å². The van der Waals surface area contributed by atoms with Crippen LogP contribution in [0.3, 0.4) is 0 Å². The van der Waals surface area contributed by atoms with Gasteiger partial charge in [-0.15, -0.1) is 0 Å². The van der Waals surface area contributed by atoms with E-state index in [0.717, 1.165) is 24.3 Å². The Morgan fingerprint density at radius 3 is 2.68 bits per heavy atom. The molecule has 1 aliphatic rings. The molecule has 1 amide bonds. The molecule has 1 saturated carbocycles. The van der Waals surface area contributed by atoms with Crippen molar-refractivity contribution < 1.29 is 9.69 Å². The van der Waals surface area contributed by atoms with Crippen LogP contribution in [0.1, 0.15) is 36.5 Å². The second kappa shape index (κ2) is 6.50. The fourth-order valence-electron chi connectivity index (χ4n) is 2.92. The quantitative estimate of drug-likeness (QED) is 0.827. The number of nitrogens with one attached hydrogen (secondary N) is 2. The number of quaternary nitrogens is 1. The van der Waals surface area contributed by atoms with Crippen molar-refractivity contribution in [3.05, 3.63) is 34.9 Å². The highest BCUT2D eigenvalue weighted by molar-refractivity contribution is 5.78. The standard InChI is InChI=1S/C18H25N3O/c1-13-5-6-15(14(2)9-13)10-21(4)11-17(22)20-18(3,12-19)16-7-8-16/h5-6,9,16H,7-8,10-11H2,1-4H3,(H,20,22)/p+1/t18-/m1/s1. The SMILES string of the molecule is Cc1ccc(C[NH+](C)CC(=O)N[C@](C)(C#N)C2CC2)c(C)c1. The highest BCUT2D eigenvalue weighted by Gasteiger charge is 2.43. The molecule has 22 heavy (non-hydrogen) atoms. The topological polar surface area (TPSA) is 57.3 Å². The first-order chi connectivity index (χ1) is 10.3. The van der Waals surface area contributed by atoms with Gasteiger partial charge in [-0.3, -0.25) is 4.79 Å². The van der Waals surface area contributed by atoms with E-state index in [2.05, 4.69) is 43.4 Å². The van der Waals surface area contributed by atoms with Crippen molar-refractivity contribution in [2.75, 3.05) is 13.6 Å². The highest BCUT2D eigenvalue weighted by Crippen LogP contribution is 2.39. The molecule has 0 heterocycles. The number of carbonyl (C=O) groups excluding carboxylic acids is 1. The van der Waals surface area contributed by atoms with Gasteiger partial charge in [-0.2, -0.15) is 5.26 Å². The molecule has 4 heteroatoms. The zero-order valence-electron chi connectivity index (χ0n) is 14.0. The molecule has 1 aromatic rings. The van der Waals surface area contributed by atoms with E-state index < -0.39 is 5.54 Å². The van der Waals surface area contributed by atoms with Gasteiger partial charge < -0.3 is 10.2 Å². The smallest absolute Gasteiger partial charge is 0.276 e. The van der Waals surface area contributed by atoms with Crippen molar-refractivity contribution in [3.63, 3.8) is 0 Å². The zero-order valence-corrected chi connectivity index (χ0v) is 14.0. The Hall–Kier alpha value is -1.86. The van der Waals surface area contributed by atoms with Gasteiger partial charge in [0.2, 0.25) is 0 Å². The number of hydrogen-bond donors (Lipinski definition) is 2. The molecule has 2 atom stereocenters. The van der Waals surface area contributed by atoms with Gasteiger partial charge in [0.1, 0.15) is 12.1 Å². The van der Waals surface area contributed by atoms with Crippen molar-refractivity contribution >= 4 is 5.91 Å². The van der Waals surface area contributed by atoms with Crippen molar-refractivity contribution in [2.45, 2.75) is 45.7 Å². The van der Waals surface area contributed by atoms with Gasteiger partial charge in [0, 0.05) is 5.56 Å². The van der Waals surface area contributed by atoms with Crippen LogP contribution in [0.4, 0.5) is 0 Å². The highest BCUT2D eigenvalue weighted by atomic mass is 16.2. The molecule has 0 spiro atoms. The minimum absolute atomic E-state index is 0.0433. The number of likely N-dealkylation sites (N-methyl/N-ethyl adjacent to an activating group) is 1. The van der Waals surface area contributed by atoms with Crippen LogP contribution in [0.5, 0.6) is 0 Å². The lowest BCUT2D eigenvalue weighted by Gasteiger charge is -2.24. The van der Waals surface area contributed by atoms with Crippen molar-refractivity contribution in [1.82, 2.24) is 5.32 Å². The molecule has 0 saturated heterocycles. The summed E-state index contributed by atoms with van der Waals surface area (Å²) in [4.78, 5) is 13.3. The van der Waals surface area contributed by atoms with Crippen LogP contribution >= 0.6 is 0 Å². The number of hydrogen-bond acceptors (Lipinski definition) is 2. The largest absolute Gasteiger partial charge is 0.333 e. The first-order valence-electron chi connectivity index (χ1n) is 7.94. The number of carbonyl (C=O) groups is 1. The number of nitrogens with zero attached hydrogens (tertiary/aromatic N) is 1. The molecule has 1 aliphatic carbocycles. The summed E-state index contributed by atoms with van der Waals surface area (Å²) in [5.74, 6) is 0.277. The van der Waals surface area contributed by atoms with Crippen LogP contribution in [0, 0.1) is 31.1 Å². The number of amides is 1. The van der Waals surface area contributed by atoms with Crippen LogP contribution in [0.15, 0.2) is 18.2 Å². The Kier molecular flexibility index (Phi) is 4.87. The summed E-state index contributed by atoms with van der Waals surface area (Å²) in [5.41, 5.74) is 3.09. The molecule has 1 aromatic carbocycles. The molecule has 0 bridgehead atoms. The van der Waals surface area contributed by atoms with E-state index in [4.69, 9.17) is 0 Å². The first-order valence-corrected chi connectivity index (χ1v) is 7.94. The van der Waals surface area contributed by atoms with Gasteiger partial charge in [0.15, 0.2) is 6.54 Å². The first kappa shape index (κ1) is 16.5. The predicted octanol–water partition coefficient (Wildman–Crippen LogP) is 1.13. The van der Waals surface area contributed by atoms with Gasteiger partial charge in [-0.05, 0) is 45.1 Å². The second-order valence-electron chi connectivity index (χ2n) is 6.88. The molecular formula is C18H26N3O+. The Morgan fingerprint density at radius 1 is 1.45 bits per heavy atom. The summed E-state index contributed by atoms with van der Waals surface area (Å²) < 4.78 is 0. The summed E-state index contributed by atoms with van der Waals surface area (Å²) in [6, 6.07) is 8.68. The zero-order chi connectivity index (χ0) is 16.3. The Morgan fingerprint density at radius 2 is 2.14 bits per heavy atom. The van der Waals surface area contributed by atoms with E-state index in [1.165, 1.54) is 16.7 Å². The number of aryl methyl sites for hydroxylation is 2. The molecule has 2 rings (SSSR count). The van der Waals surface area contributed by atoms with Gasteiger partial charge in [0.25, 0.3) is 5.91 Å². The third-order valence-electron chi connectivity index (χ3n) is 4.48. The van der Waals surface area contributed by atoms with Gasteiger partial charge in [-0.1, -0.05) is 23.8 Å². The minimum Gasteiger partial charge on any atom is -0.333 e. The Labute approximate surface area is 133 Å². The summed E-state index contributed by atoms with van der Waals surface area (Å²) in [6.07, 6.45) is 2.07. The molecule has 118 valence electrons. The maximum Gasteiger partial charge on any atom is 0.276 e. The normalized spacial score (nSPS) is 18.1. The number of rotatable bonds is 6. The predicted molar refractivity (Wildman–Crippen MR) is 86.3 cm³/mol. The fourth-order valence-corrected chi connectivity index (χ4v) is 2.92. The summed E-state index contributed by atoms with van der Waals surface area (Å²) in [7, 11) is 2.01. The van der Waals surface area contributed by atoms with Crippen LogP contribution in [0.25, 0.3) is 0 Å². The summed E-state index contributed by atoms with van der Waals surface area (Å²) >= 11 is 0. The lowest BCUT2D eigenvalue weighted by atomic mass is 9.98. The maximum absolute atomic E-state index is 12.2. The number of nitriles is 1. The van der Waals surface area contributed by atoms with Crippen LogP contribution in [-0.4, -0.2) is 25.0 Å². The van der Waals surface area contributed by atoms with Crippen molar-refractivity contribution in [2.24, 2.45) is 5.92 Å². The molecule has 0 radical (unpaired) electrons. The van der Waals surface area contributed by atoms with E-state index in [1.54, 1.807) is 0 Å². The average molecular weight is 300 g/mol. The lowest BCUT2D eigenvalue weighted by molar-refractivity contribution is -0.885. The maximum atomic E-state index is 12.2. The molecule has 0 aromatic heterocycles. The minimum atomic E-state index is -0.697. The van der Waals surface area contributed by atoms with E-state index >= 15 is 0 Å². The van der Waals surface area contributed by atoms with Crippen molar-refractivity contribution in [3.8, 4) is 6.07 Å². The lowest BCUT2D eigenvalue weighted by Crippen LogP contribution is -3.09. The van der Waals surface area contributed by atoms with Gasteiger partial charge in [0.05, 0.1) is 13.1 Å². The summed E-state index contributed by atoms with van der Waals surface area (Å²) in [5, 5.41) is 12.2. The molecule has 1 unspecified atom stereocenters. The molecule has 4 nitrogen and oxygen atoms in total. The molecule has 2 N–H and O–H groups in total. The van der Waals surface area contributed by atoms with Crippen molar-refractivity contribution in [1.29, 1.82) is 5.26 Å². The second-order valence-corrected chi connectivity index (χ2v) is 6.88. The third kappa shape index (κ3) is 4.08. The van der Waals surface area contributed by atoms with E-state index in [9.17, 15) is 10.1 Å². The Balaban J connectivity index is 1.90. The monoisotopic (exact) mass is 300 g/mol. The summed E-state index contributed by atoms with van der Waals surface area (Å²) in [6.45, 7) is 7.22. The molecule has 0 aliphatic heterocycles. The van der Waals surface area contributed by atoms with Crippen LogP contribution in [-0.2, 0) is 11.3 Å². The van der Waals surface area contributed by atoms with Crippen LogP contribution < -0.4 is 10.2 Å². The van der Waals surface area contributed by atoms with Gasteiger partial charge >= 0.3 is 0 Å². The third-order valence-corrected chi connectivity index (χ3v) is 4.48. The molecule has 1 fully saturated rings. The van der Waals surface area contributed by atoms with E-state index in [1.807, 2.05) is 14.0 Å². The van der Waals surface area contributed by atoms with E-state index in [-0.39, 0.29) is 5.91 Å². The van der Waals surface area contributed by atoms with Crippen LogP contribution in [0.2, 0.25) is 0 Å². The average Bonchev–Trinajstić information content (AvgIpc) is 3.26.